The molecule has 8 heteroatoms. The molecule has 0 saturated heterocycles. The van der Waals surface area contributed by atoms with E-state index in [4.69, 9.17) is 0 Å². The molecule has 0 unspecified atom stereocenters. The van der Waals surface area contributed by atoms with E-state index < -0.39 is 29.6 Å². The molecule has 1 atom stereocenters. The third-order valence-corrected chi connectivity index (χ3v) is 4.12. The second-order valence-corrected chi connectivity index (χ2v) is 6.29. The summed E-state index contributed by atoms with van der Waals surface area (Å²) in [4.78, 5) is 16.2. The molecule has 0 bridgehead atoms. The molecule has 0 aliphatic carbocycles. The van der Waals surface area contributed by atoms with Gasteiger partial charge in [-0.15, -0.1) is 0 Å². The van der Waals surface area contributed by atoms with E-state index in [0.717, 1.165) is 10.6 Å². The summed E-state index contributed by atoms with van der Waals surface area (Å²) in [5.74, 6) is -0.967. The molecule has 2 heterocycles. The zero-order chi connectivity index (χ0) is 19.6. The quantitative estimate of drug-likeness (QED) is 0.683. The van der Waals surface area contributed by atoms with Crippen molar-refractivity contribution in [2.24, 2.45) is 0 Å². The Labute approximate surface area is 152 Å². The molecule has 2 aromatic heterocycles. The highest BCUT2D eigenvalue weighted by molar-refractivity contribution is 5.79. The van der Waals surface area contributed by atoms with Crippen LogP contribution in [0.15, 0.2) is 48.7 Å². The van der Waals surface area contributed by atoms with Crippen molar-refractivity contribution in [1.29, 1.82) is 0 Å². The summed E-state index contributed by atoms with van der Waals surface area (Å²) in [7, 11) is 0. The van der Waals surface area contributed by atoms with Crippen LogP contribution in [0.25, 0.3) is 11.0 Å². The maximum absolute atomic E-state index is 13.6. The average Bonchev–Trinajstić information content (AvgIpc) is 2.96. The van der Waals surface area contributed by atoms with Gasteiger partial charge in [-0.1, -0.05) is 18.2 Å². The number of amides is 1. The highest BCUT2D eigenvalue weighted by Gasteiger charge is 2.36. The SMILES string of the molecule is C[C@@H](Cn1c(C(F)(F)F)cc2cccnc21)NC(=O)Cc1ccccc1F. The van der Waals surface area contributed by atoms with Crippen LogP contribution >= 0.6 is 0 Å². The third kappa shape index (κ3) is 4.27. The molecular weight excluding hydrogens is 362 g/mol. The van der Waals surface area contributed by atoms with Crippen LogP contribution in [0.3, 0.4) is 0 Å². The van der Waals surface area contributed by atoms with Crippen molar-refractivity contribution in [2.45, 2.75) is 32.1 Å². The lowest BCUT2D eigenvalue weighted by Gasteiger charge is -2.18. The van der Waals surface area contributed by atoms with Crippen molar-refractivity contribution >= 4 is 16.9 Å². The Kier molecular flexibility index (Phi) is 5.16. The van der Waals surface area contributed by atoms with Crippen LogP contribution < -0.4 is 5.32 Å². The van der Waals surface area contributed by atoms with Crippen LogP contribution in [0.1, 0.15) is 18.2 Å². The lowest BCUT2D eigenvalue weighted by Crippen LogP contribution is -2.37. The highest BCUT2D eigenvalue weighted by Crippen LogP contribution is 2.33. The van der Waals surface area contributed by atoms with Gasteiger partial charge in [-0.2, -0.15) is 13.2 Å². The molecule has 3 rings (SSSR count). The van der Waals surface area contributed by atoms with Crippen molar-refractivity contribution < 1.29 is 22.4 Å². The van der Waals surface area contributed by atoms with Crippen molar-refractivity contribution in [3.63, 3.8) is 0 Å². The number of carbonyl (C=O) groups excluding carboxylic acids is 1. The monoisotopic (exact) mass is 379 g/mol. The number of aromatic nitrogens is 2. The molecule has 4 nitrogen and oxygen atoms in total. The van der Waals surface area contributed by atoms with Gasteiger partial charge in [0.2, 0.25) is 5.91 Å². The first-order valence-electron chi connectivity index (χ1n) is 8.30. The minimum atomic E-state index is -4.54. The molecule has 0 aliphatic heterocycles. The highest BCUT2D eigenvalue weighted by atomic mass is 19.4. The maximum atomic E-state index is 13.6. The number of alkyl halides is 3. The predicted octanol–water partition coefficient (Wildman–Crippen LogP) is 3.94. The number of pyridine rings is 1. The molecule has 27 heavy (non-hydrogen) atoms. The summed E-state index contributed by atoms with van der Waals surface area (Å²) in [6, 6.07) is 9.41. The molecular formula is C19H17F4N3O. The van der Waals surface area contributed by atoms with Gasteiger partial charge in [-0.3, -0.25) is 4.79 Å². The van der Waals surface area contributed by atoms with E-state index in [1.165, 1.54) is 24.4 Å². The summed E-state index contributed by atoms with van der Waals surface area (Å²) in [6.45, 7) is 1.48. The van der Waals surface area contributed by atoms with Crippen molar-refractivity contribution in [1.82, 2.24) is 14.9 Å². The van der Waals surface area contributed by atoms with E-state index in [0.29, 0.717) is 5.39 Å². The van der Waals surface area contributed by atoms with Crippen LogP contribution in [0.2, 0.25) is 0 Å². The minimum absolute atomic E-state index is 0.113. The van der Waals surface area contributed by atoms with Gasteiger partial charge < -0.3 is 9.88 Å². The number of rotatable bonds is 5. The molecule has 1 N–H and O–H groups in total. The van der Waals surface area contributed by atoms with Gasteiger partial charge in [0, 0.05) is 24.2 Å². The topological polar surface area (TPSA) is 46.9 Å². The van der Waals surface area contributed by atoms with E-state index in [1.54, 1.807) is 25.1 Å². The zero-order valence-corrected chi connectivity index (χ0v) is 14.4. The third-order valence-electron chi connectivity index (χ3n) is 4.12. The molecule has 0 saturated carbocycles. The fraction of sp³-hybridized carbons (Fsp3) is 0.263. The van der Waals surface area contributed by atoms with Gasteiger partial charge in [0.15, 0.2) is 0 Å². The Balaban J connectivity index is 1.77. The van der Waals surface area contributed by atoms with Gasteiger partial charge in [0.25, 0.3) is 0 Å². The average molecular weight is 379 g/mol. The molecule has 142 valence electrons. The molecule has 3 aromatic rings. The number of benzene rings is 1. The second kappa shape index (κ2) is 7.38. The molecule has 1 aromatic carbocycles. The molecule has 0 radical (unpaired) electrons. The lowest BCUT2D eigenvalue weighted by atomic mass is 10.1. The fourth-order valence-electron chi connectivity index (χ4n) is 2.97. The summed E-state index contributed by atoms with van der Waals surface area (Å²) in [5.41, 5.74) is -0.405. The van der Waals surface area contributed by atoms with Crippen LogP contribution in [0.4, 0.5) is 17.6 Å². The first-order valence-corrected chi connectivity index (χ1v) is 8.30. The number of hydrogen-bond acceptors (Lipinski definition) is 2. The van der Waals surface area contributed by atoms with Gasteiger partial charge in [-0.05, 0) is 36.8 Å². The Morgan fingerprint density at radius 2 is 1.96 bits per heavy atom. The molecule has 0 aliphatic rings. The van der Waals surface area contributed by atoms with Gasteiger partial charge in [-0.25, -0.2) is 9.37 Å². The van der Waals surface area contributed by atoms with Crippen LogP contribution in [0.5, 0.6) is 0 Å². The van der Waals surface area contributed by atoms with E-state index in [-0.39, 0.29) is 24.2 Å². The smallest absolute Gasteiger partial charge is 0.352 e. The van der Waals surface area contributed by atoms with E-state index in [9.17, 15) is 22.4 Å². The van der Waals surface area contributed by atoms with Gasteiger partial charge in [0.1, 0.15) is 17.2 Å². The minimum Gasteiger partial charge on any atom is -0.352 e. The molecule has 1 amide bonds. The maximum Gasteiger partial charge on any atom is 0.431 e. The summed E-state index contributed by atoms with van der Waals surface area (Å²) in [6.07, 6.45) is -3.31. The summed E-state index contributed by atoms with van der Waals surface area (Å²) < 4.78 is 54.7. The largest absolute Gasteiger partial charge is 0.431 e. The fourth-order valence-corrected chi connectivity index (χ4v) is 2.97. The predicted molar refractivity (Wildman–Crippen MR) is 92.4 cm³/mol. The van der Waals surface area contributed by atoms with E-state index in [2.05, 4.69) is 10.3 Å². The number of hydrogen-bond donors (Lipinski definition) is 1. The van der Waals surface area contributed by atoms with Gasteiger partial charge in [0.05, 0.1) is 6.42 Å². The summed E-state index contributed by atoms with van der Waals surface area (Å²) in [5, 5.41) is 2.99. The normalized spacial score (nSPS) is 12.9. The van der Waals surface area contributed by atoms with Crippen LogP contribution in [0, 0.1) is 5.82 Å². The number of carbonyl (C=O) groups is 1. The van der Waals surface area contributed by atoms with Crippen molar-refractivity contribution in [2.75, 3.05) is 0 Å². The van der Waals surface area contributed by atoms with E-state index >= 15 is 0 Å². The Hall–Kier alpha value is -2.90. The van der Waals surface area contributed by atoms with Gasteiger partial charge >= 0.3 is 6.18 Å². The second-order valence-electron chi connectivity index (χ2n) is 6.29. The standard InChI is InChI=1S/C19H17F4N3O/c1-12(25-17(27)10-13-5-2-3-7-15(13)20)11-26-16(19(21,22)23)9-14-6-4-8-24-18(14)26/h2-9,12H,10-11H2,1H3,(H,25,27)/t12-/m0/s1. The zero-order valence-electron chi connectivity index (χ0n) is 14.4. The molecule has 0 spiro atoms. The first kappa shape index (κ1) is 18.9. The van der Waals surface area contributed by atoms with Crippen LogP contribution in [-0.2, 0) is 23.9 Å². The lowest BCUT2D eigenvalue weighted by molar-refractivity contribution is -0.143. The number of nitrogens with one attached hydrogen (secondary N) is 1. The van der Waals surface area contributed by atoms with Crippen LogP contribution in [-0.4, -0.2) is 21.5 Å². The Morgan fingerprint density at radius 1 is 1.22 bits per heavy atom. The number of halogens is 4. The van der Waals surface area contributed by atoms with E-state index in [1.807, 2.05) is 0 Å². The first-order chi connectivity index (χ1) is 12.8. The number of nitrogens with zero attached hydrogens (tertiary/aromatic N) is 2. The Morgan fingerprint density at radius 3 is 2.67 bits per heavy atom. The molecule has 0 fully saturated rings. The Bertz CT molecular complexity index is 965. The summed E-state index contributed by atoms with van der Waals surface area (Å²) >= 11 is 0. The van der Waals surface area contributed by atoms with Crippen molar-refractivity contribution in [3.05, 3.63) is 65.7 Å². The number of fused-ring (bicyclic) bond motifs is 1. The van der Waals surface area contributed by atoms with Crippen molar-refractivity contribution in [3.8, 4) is 0 Å².